The number of carbonyl (C=O) groups is 2. The van der Waals surface area contributed by atoms with Gasteiger partial charge in [-0.15, -0.1) is 0 Å². The quantitative estimate of drug-likeness (QED) is 0.261. The predicted octanol–water partition coefficient (Wildman–Crippen LogP) is 4.70. The molecule has 2 aromatic carbocycles. The van der Waals surface area contributed by atoms with E-state index in [1.54, 1.807) is 29.2 Å². The minimum Gasteiger partial charge on any atom is -0.392 e. The Morgan fingerprint density at radius 2 is 1.89 bits per heavy atom. The van der Waals surface area contributed by atoms with Crippen LogP contribution in [-0.2, 0) is 20.5 Å². The van der Waals surface area contributed by atoms with E-state index in [2.05, 4.69) is 5.32 Å². The lowest BCUT2D eigenvalue weighted by atomic mass is 9.80. The maximum atomic E-state index is 13.2. The van der Waals surface area contributed by atoms with E-state index in [1.807, 2.05) is 0 Å². The average molecular weight is 526 g/mol. The fourth-order valence-corrected chi connectivity index (χ4v) is 5.06. The molecule has 3 atom stereocenters. The Hall–Kier alpha value is -3.18. The van der Waals surface area contributed by atoms with Gasteiger partial charge in [0.05, 0.1) is 16.4 Å². The van der Waals surface area contributed by atoms with Crippen LogP contribution < -0.4 is 10.2 Å². The highest BCUT2D eigenvalue weighted by Gasteiger charge is 2.41. The number of halogens is 4. The smallest absolute Gasteiger partial charge is 0.392 e. The molecule has 2 fully saturated rings. The molecular weight excluding hydrogens is 503 g/mol. The van der Waals surface area contributed by atoms with E-state index in [0.717, 1.165) is 18.6 Å². The van der Waals surface area contributed by atoms with Gasteiger partial charge in [-0.25, -0.2) is 4.79 Å². The molecule has 0 aromatic heterocycles. The summed E-state index contributed by atoms with van der Waals surface area (Å²) in [5.41, 5.74) is -1.24. The molecule has 0 amide bonds. The molecule has 0 saturated carbocycles. The molecule has 4 rings (SSSR count). The lowest BCUT2D eigenvalue weighted by Gasteiger charge is -2.39. The number of piperidine rings is 1. The second kappa shape index (κ2) is 10.4. The van der Waals surface area contributed by atoms with Gasteiger partial charge in [0.2, 0.25) is 0 Å². The molecule has 0 aliphatic carbocycles. The van der Waals surface area contributed by atoms with Gasteiger partial charge in [0.1, 0.15) is 11.7 Å². The number of nitro groups is 1. The van der Waals surface area contributed by atoms with E-state index in [9.17, 15) is 32.9 Å². The van der Waals surface area contributed by atoms with Crippen LogP contribution >= 0.6 is 11.6 Å². The fraction of sp³-hybridized carbons (Fsp3) is 0.417. The number of alkyl halides is 3. The Balaban J connectivity index is 1.64. The van der Waals surface area contributed by atoms with Crippen molar-refractivity contribution in [3.63, 3.8) is 0 Å². The first-order chi connectivity index (χ1) is 17.1. The first-order valence-electron chi connectivity index (χ1n) is 11.4. The lowest BCUT2D eigenvalue weighted by molar-refractivity contribution is -0.384. The van der Waals surface area contributed by atoms with Crippen molar-refractivity contribution >= 4 is 34.9 Å². The van der Waals surface area contributed by atoms with Crippen molar-refractivity contribution in [3.8, 4) is 0 Å². The van der Waals surface area contributed by atoms with Crippen molar-refractivity contribution in [3.05, 3.63) is 68.7 Å². The molecule has 8 nitrogen and oxygen atoms in total. The molecule has 2 saturated heterocycles. The van der Waals surface area contributed by atoms with Crippen LogP contribution in [0, 0.1) is 16.0 Å². The van der Waals surface area contributed by atoms with Crippen LogP contribution in [0.2, 0.25) is 5.02 Å². The highest BCUT2D eigenvalue weighted by Crippen LogP contribution is 2.42. The molecule has 2 heterocycles. The topological polar surface area (TPSA) is 102 Å². The molecule has 2 aliphatic heterocycles. The van der Waals surface area contributed by atoms with E-state index < -0.39 is 52.2 Å². The van der Waals surface area contributed by atoms with Crippen LogP contribution in [0.1, 0.15) is 36.3 Å². The Bertz CT molecular complexity index is 1170. The second-order valence-electron chi connectivity index (χ2n) is 8.82. The van der Waals surface area contributed by atoms with Gasteiger partial charge in [0.15, 0.2) is 0 Å². The van der Waals surface area contributed by atoms with Crippen molar-refractivity contribution in [2.75, 3.05) is 24.5 Å². The normalized spacial score (nSPS) is 22.3. The van der Waals surface area contributed by atoms with Crippen LogP contribution in [0.15, 0.2) is 42.5 Å². The second-order valence-corrected chi connectivity index (χ2v) is 9.22. The number of carbonyl (C=O) groups excluding carboxylic acids is 2. The summed E-state index contributed by atoms with van der Waals surface area (Å²) >= 11 is 6.40. The lowest BCUT2D eigenvalue weighted by Crippen LogP contribution is -2.44. The summed E-state index contributed by atoms with van der Waals surface area (Å²) in [5, 5.41) is 15.0. The van der Waals surface area contributed by atoms with Gasteiger partial charge in [-0.1, -0.05) is 29.8 Å². The number of anilines is 1. The summed E-state index contributed by atoms with van der Waals surface area (Å²) in [5.74, 6) is -2.78. The van der Waals surface area contributed by atoms with Crippen molar-refractivity contribution in [1.82, 2.24) is 5.32 Å². The van der Waals surface area contributed by atoms with E-state index >= 15 is 0 Å². The van der Waals surface area contributed by atoms with Crippen molar-refractivity contribution < 1.29 is 32.4 Å². The Morgan fingerprint density at radius 3 is 2.53 bits per heavy atom. The summed E-state index contributed by atoms with van der Waals surface area (Å²) in [7, 11) is 0. The highest BCUT2D eigenvalue weighted by molar-refractivity contribution is 6.31. The maximum Gasteiger partial charge on any atom is 0.416 e. The van der Waals surface area contributed by atoms with Crippen LogP contribution in [0.3, 0.4) is 0 Å². The molecule has 2 unspecified atom stereocenters. The molecular formula is C24H23ClF3N3O5. The SMILES string of the molecule is O=C(OC(=O)C1CCN(c2ccc(C(F)(F)F)cc2[N+](=O)[O-])C[C@H]1c1ccccc1Cl)C1CCCN1. The van der Waals surface area contributed by atoms with Crippen LogP contribution in [0.25, 0.3) is 0 Å². The fourth-order valence-electron chi connectivity index (χ4n) is 4.79. The molecule has 192 valence electrons. The summed E-state index contributed by atoms with van der Waals surface area (Å²) in [6.07, 6.45) is -3.23. The third kappa shape index (κ3) is 5.46. The van der Waals surface area contributed by atoms with E-state index in [4.69, 9.17) is 16.3 Å². The maximum absolute atomic E-state index is 13.2. The van der Waals surface area contributed by atoms with E-state index in [-0.39, 0.29) is 25.2 Å². The predicted molar refractivity (Wildman–Crippen MR) is 125 cm³/mol. The van der Waals surface area contributed by atoms with Crippen LogP contribution in [0.5, 0.6) is 0 Å². The van der Waals surface area contributed by atoms with Gasteiger partial charge in [-0.05, 0) is 49.6 Å². The molecule has 36 heavy (non-hydrogen) atoms. The molecule has 1 N–H and O–H groups in total. The van der Waals surface area contributed by atoms with Gasteiger partial charge in [-0.2, -0.15) is 13.2 Å². The molecule has 0 spiro atoms. The molecule has 2 aliphatic rings. The zero-order valence-electron chi connectivity index (χ0n) is 19.0. The monoisotopic (exact) mass is 525 g/mol. The molecule has 0 bridgehead atoms. The number of ether oxygens (including phenoxy) is 1. The van der Waals surface area contributed by atoms with Gasteiger partial charge in [0.25, 0.3) is 5.69 Å². The summed E-state index contributed by atoms with van der Waals surface area (Å²) in [6.45, 7) is 0.828. The summed E-state index contributed by atoms with van der Waals surface area (Å²) in [4.78, 5) is 37.8. The number of nitrogens with one attached hydrogen (secondary N) is 1. The number of nitro benzene ring substituents is 1. The number of hydrogen-bond donors (Lipinski definition) is 1. The van der Waals surface area contributed by atoms with Gasteiger partial charge >= 0.3 is 18.1 Å². The zero-order chi connectivity index (χ0) is 26.0. The number of esters is 2. The average Bonchev–Trinajstić information content (AvgIpc) is 3.38. The number of nitrogens with zero attached hydrogens (tertiary/aromatic N) is 2. The third-order valence-electron chi connectivity index (χ3n) is 6.61. The van der Waals surface area contributed by atoms with Crippen LogP contribution in [0.4, 0.5) is 24.5 Å². The molecule has 2 aromatic rings. The standard InChI is InChI=1S/C24H23ClF3N3O5/c25-18-5-2-1-4-15(18)17-13-30(20-8-7-14(24(26,27)28)12-21(20)31(34)35)11-9-16(17)22(32)36-23(33)19-6-3-10-29-19/h1-2,4-5,7-8,12,16-17,19,29H,3,6,9-11,13H2/t16?,17-,19?/m0/s1. The molecule has 12 heteroatoms. The number of hydrogen-bond acceptors (Lipinski definition) is 7. The van der Waals surface area contributed by atoms with Gasteiger partial charge in [-0.3, -0.25) is 14.9 Å². The Kier molecular flexibility index (Phi) is 7.51. The van der Waals surface area contributed by atoms with Crippen molar-refractivity contribution in [2.45, 2.75) is 37.4 Å². The van der Waals surface area contributed by atoms with E-state index in [1.165, 1.54) is 0 Å². The minimum atomic E-state index is -4.74. The van der Waals surface area contributed by atoms with Gasteiger partial charge in [0, 0.05) is 30.1 Å². The Labute approximate surface area is 209 Å². The zero-order valence-corrected chi connectivity index (χ0v) is 19.7. The molecule has 0 radical (unpaired) electrons. The number of rotatable bonds is 5. The minimum absolute atomic E-state index is 0.00287. The Morgan fingerprint density at radius 1 is 1.14 bits per heavy atom. The van der Waals surface area contributed by atoms with Crippen molar-refractivity contribution in [1.29, 1.82) is 0 Å². The first kappa shape index (κ1) is 25.9. The highest BCUT2D eigenvalue weighted by atomic mass is 35.5. The number of benzene rings is 2. The summed E-state index contributed by atoms with van der Waals surface area (Å²) in [6, 6.07) is 8.58. The third-order valence-corrected chi connectivity index (χ3v) is 6.95. The van der Waals surface area contributed by atoms with E-state index in [0.29, 0.717) is 29.6 Å². The first-order valence-corrected chi connectivity index (χ1v) is 11.8. The largest absolute Gasteiger partial charge is 0.416 e. The van der Waals surface area contributed by atoms with Crippen molar-refractivity contribution in [2.24, 2.45) is 5.92 Å². The van der Waals surface area contributed by atoms with Crippen LogP contribution in [-0.4, -0.2) is 42.5 Å². The summed E-state index contributed by atoms with van der Waals surface area (Å²) < 4.78 is 44.7. The van der Waals surface area contributed by atoms with Gasteiger partial charge < -0.3 is 15.0 Å².